The Morgan fingerprint density at radius 3 is 2.19 bits per heavy atom. The van der Waals surface area contributed by atoms with Crippen molar-refractivity contribution in [3.63, 3.8) is 0 Å². The van der Waals surface area contributed by atoms with Crippen LogP contribution in [0.25, 0.3) is 0 Å². The molecular weight excluding hydrogens is 450 g/mol. The number of nitrogens with zero attached hydrogens (tertiary/aromatic N) is 2. The quantitative estimate of drug-likeness (QED) is 0.448. The van der Waals surface area contributed by atoms with Crippen molar-refractivity contribution in [3.05, 3.63) is 65.1 Å². The summed E-state index contributed by atoms with van der Waals surface area (Å²) >= 11 is 6.35. The van der Waals surface area contributed by atoms with Crippen LogP contribution in [-0.2, 0) is 21.9 Å². The number of methoxy groups -OCH3 is 1. The molecule has 1 N–H and O–H groups in total. The van der Waals surface area contributed by atoms with E-state index in [2.05, 4.69) is 35.5 Å². The summed E-state index contributed by atoms with van der Waals surface area (Å²) in [6.45, 7) is 8.03. The van der Waals surface area contributed by atoms with Crippen molar-refractivity contribution in [1.82, 2.24) is 9.97 Å². The fourth-order valence-corrected chi connectivity index (χ4v) is 4.15. The summed E-state index contributed by atoms with van der Waals surface area (Å²) in [6.07, 6.45) is 0.462. The van der Waals surface area contributed by atoms with E-state index in [9.17, 15) is 8.42 Å². The van der Waals surface area contributed by atoms with Gasteiger partial charge in [0.25, 0.3) is 10.0 Å². The van der Waals surface area contributed by atoms with Gasteiger partial charge in [-0.2, -0.15) is 0 Å². The summed E-state index contributed by atoms with van der Waals surface area (Å²) in [5.41, 5.74) is 0.928. The molecule has 9 heteroatoms. The zero-order valence-electron chi connectivity index (χ0n) is 18.6. The number of aromatic nitrogens is 2. The lowest BCUT2D eigenvalue weighted by atomic mass is 9.87. The molecule has 32 heavy (non-hydrogen) atoms. The van der Waals surface area contributed by atoms with E-state index < -0.39 is 10.0 Å². The number of anilines is 1. The fourth-order valence-electron chi connectivity index (χ4n) is 2.92. The molecule has 0 spiro atoms. The second kappa shape index (κ2) is 9.34. The van der Waals surface area contributed by atoms with E-state index in [1.807, 2.05) is 6.92 Å². The van der Waals surface area contributed by atoms with Crippen molar-refractivity contribution in [2.45, 2.75) is 44.4 Å². The minimum atomic E-state index is -3.96. The molecule has 0 bridgehead atoms. The number of sulfonamides is 1. The monoisotopic (exact) mass is 475 g/mol. The van der Waals surface area contributed by atoms with Crippen molar-refractivity contribution >= 4 is 27.4 Å². The van der Waals surface area contributed by atoms with Crippen LogP contribution >= 0.6 is 11.6 Å². The van der Waals surface area contributed by atoms with E-state index in [0.717, 1.165) is 5.56 Å². The average molecular weight is 476 g/mol. The Morgan fingerprint density at radius 1 is 1.00 bits per heavy atom. The second-order valence-corrected chi connectivity index (χ2v) is 10.1. The van der Waals surface area contributed by atoms with Gasteiger partial charge in [-0.15, -0.1) is 0 Å². The van der Waals surface area contributed by atoms with E-state index in [1.165, 1.54) is 7.11 Å². The number of nitrogens with one attached hydrogen (secondary N) is 1. The molecule has 7 nitrogen and oxygen atoms in total. The van der Waals surface area contributed by atoms with E-state index in [-0.39, 0.29) is 27.0 Å². The predicted molar refractivity (Wildman–Crippen MR) is 125 cm³/mol. The highest BCUT2D eigenvalue weighted by molar-refractivity contribution is 7.92. The van der Waals surface area contributed by atoms with Crippen LogP contribution in [0.1, 0.15) is 39.1 Å². The fraction of sp³-hybridized carbons (Fsp3) is 0.304. The lowest BCUT2D eigenvalue weighted by molar-refractivity contribution is 0.378. The van der Waals surface area contributed by atoms with Gasteiger partial charge in [0.15, 0.2) is 22.5 Å². The number of benzene rings is 2. The van der Waals surface area contributed by atoms with Gasteiger partial charge in [-0.1, -0.05) is 63.6 Å². The topological polar surface area (TPSA) is 90.4 Å². The normalized spacial score (nSPS) is 11.8. The van der Waals surface area contributed by atoms with Gasteiger partial charge in [-0.05, 0) is 35.2 Å². The molecular formula is C23H26ClN3O4S. The Bertz CT molecular complexity index is 1210. The minimum Gasteiger partial charge on any atom is -0.493 e. The molecule has 170 valence electrons. The third-order valence-electron chi connectivity index (χ3n) is 4.73. The molecule has 1 heterocycles. The number of para-hydroxylation sites is 2. The van der Waals surface area contributed by atoms with Gasteiger partial charge < -0.3 is 9.47 Å². The first-order valence-corrected chi connectivity index (χ1v) is 11.9. The number of aryl methyl sites for hydroxylation is 1. The van der Waals surface area contributed by atoms with Gasteiger partial charge >= 0.3 is 0 Å². The van der Waals surface area contributed by atoms with Gasteiger partial charge in [0.2, 0.25) is 5.75 Å². The lowest BCUT2D eigenvalue weighted by Gasteiger charge is -2.19. The van der Waals surface area contributed by atoms with E-state index in [0.29, 0.717) is 23.7 Å². The maximum absolute atomic E-state index is 13.1. The van der Waals surface area contributed by atoms with Crippen molar-refractivity contribution in [3.8, 4) is 17.2 Å². The standard InChI is InChI=1S/C23H26ClN3O4S/c1-6-19-25-21(24)20(31-18-10-8-7-9-17(18)30-5)22(26-19)27-32(28,29)16-13-11-15(12-14-16)23(2,3)4/h7-14H,6H2,1-5H3,(H,25,26,27). The van der Waals surface area contributed by atoms with Crippen molar-refractivity contribution < 1.29 is 17.9 Å². The Labute approximate surface area is 193 Å². The largest absolute Gasteiger partial charge is 0.493 e. The molecule has 0 aliphatic rings. The lowest BCUT2D eigenvalue weighted by Crippen LogP contribution is -2.17. The first-order valence-electron chi connectivity index (χ1n) is 10.1. The highest BCUT2D eigenvalue weighted by atomic mass is 35.5. The van der Waals surface area contributed by atoms with Crippen molar-refractivity contribution in [1.29, 1.82) is 0 Å². The second-order valence-electron chi connectivity index (χ2n) is 8.09. The van der Waals surface area contributed by atoms with Gasteiger partial charge in [0.05, 0.1) is 12.0 Å². The van der Waals surface area contributed by atoms with E-state index in [1.54, 1.807) is 48.5 Å². The summed E-state index contributed by atoms with van der Waals surface area (Å²) < 4.78 is 39.9. The van der Waals surface area contributed by atoms with Crippen LogP contribution in [0.2, 0.25) is 5.15 Å². The highest BCUT2D eigenvalue weighted by Crippen LogP contribution is 2.39. The third-order valence-corrected chi connectivity index (χ3v) is 6.34. The van der Waals surface area contributed by atoms with Crippen LogP contribution in [0.15, 0.2) is 53.4 Å². The van der Waals surface area contributed by atoms with Crippen LogP contribution in [-0.4, -0.2) is 25.5 Å². The summed E-state index contributed by atoms with van der Waals surface area (Å²) in [5.74, 6) is 1.12. The highest BCUT2D eigenvalue weighted by Gasteiger charge is 2.23. The van der Waals surface area contributed by atoms with Crippen molar-refractivity contribution in [2.24, 2.45) is 0 Å². The molecule has 0 amide bonds. The van der Waals surface area contributed by atoms with Crippen LogP contribution in [0, 0.1) is 0 Å². The van der Waals surface area contributed by atoms with Gasteiger partial charge in [0.1, 0.15) is 5.82 Å². The summed E-state index contributed by atoms with van der Waals surface area (Å²) in [6, 6.07) is 13.6. The van der Waals surface area contributed by atoms with Crippen LogP contribution < -0.4 is 14.2 Å². The molecule has 3 aromatic rings. The molecule has 0 unspecified atom stereocenters. The number of halogens is 1. The number of hydrogen-bond donors (Lipinski definition) is 1. The van der Waals surface area contributed by atoms with E-state index in [4.69, 9.17) is 21.1 Å². The Morgan fingerprint density at radius 2 is 1.62 bits per heavy atom. The average Bonchev–Trinajstić information content (AvgIpc) is 2.75. The molecule has 0 aliphatic heterocycles. The number of hydrogen-bond acceptors (Lipinski definition) is 6. The Kier molecular flexibility index (Phi) is 6.95. The van der Waals surface area contributed by atoms with Crippen LogP contribution in [0.3, 0.4) is 0 Å². The smallest absolute Gasteiger partial charge is 0.263 e. The summed E-state index contributed by atoms with van der Waals surface area (Å²) in [4.78, 5) is 8.62. The Balaban J connectivity index is 2.01. The first kappa shape index (κ1) is 23.8. The molecule has 1 aromatic heterocycles. The van der Waals surface area contributed by atoms with E-state index >= 15 is 0 Å². The number of ether oxygens (including phenoxy) is 2. The molecule has 0 radical (unpaired) electrons. The maximum Gasteiger partial charge on any atom is 0.263 e. The summed E-state index contributed by atoms with van der Waals surface area (Å²) in [7, 11) is -2.45. The zero-order chi connectivity index (χ0) is 23.5. The molecule has 0 saturated heterocycles. The maximum atomic E-state index is 13.1. The van der Waals surface area contributed by atoms with Crippen molar-refractivity contribution in [2.75, 3.05) is 11.8 Å². The molecule has 0 aliphatic carbocycles. The number of rotatable bonds is 7. The minimum absolute atomic E-state index is 0.0106. The SMILES string of the molecule is CCc1nc(Cl)c(Oc2ccccc2OC)c(NS(=O)(=O)c2ccc(C(C)(C)C)cc2)n1. The third kappa shape index (κ3) is 5.31. The Hall–Kier alpha value is -2.84. The van der Waals surface area contributed by atoms with Crippen LogP contribution in [0.5, 0.6) is 17.2 Å². The molecule has 3 rings (SSSR count). The molecule has 0 atom stereocenters. The molecule has 2 aromatic carbocycles. The molecule has 0 saturated carbocycles. The zero-order valence-corrected chi connectivity index (χ0v) is 20.2. The van der Waals surface area contributed by atoms with Gasteiger partial charge in [-0.25, -0.2) is 18.4 Å². The molecule has 0 fully saturated rings. The summed E-state index contributed by atoms with van der Waals surface area (Å²) in [5, 5.41) is -0.0106. The first-order chi connectivity index (χ1) is 15.0. The van der Waals surface area contributed by atoms with Gasteiger partial charge in [0, 0.05) is 6.42 Å². The predicted octanol–water partition coefficient (Wildman–Crippen LogP) is 5.59. The van der Waals surface area contributed by atoms with Crippen LogP contribution in [0.4, 0.5) is 5.82 Å². The van der Waals surface area contributed by atoms with Gasteiger partial charge in [-0.3, -0.25) is 4.72 Å².